The number of aryl methyl sites for hydroxylation is 3. The Morgan fingerprint density at radius 3 is 2.34 bits per heavy atom. The molecule has 4 aromatic rings. The highest BCUT2D eigenvalue weighted by atomic mass is 32.2. The van der Waals surface area contributed by atoms with E-state index in [1.165, 1.54) is 18.2 Å². The van der Waals surface area contributed by atoms with Gasteiger partial charge in [0, 0.05) is 17.0 Å². The Bertz CT molecular complexity index is 1540. The van der Waals surface area contributed by atoms with Gasteiger partial charge < -0.3 is 9.15 Å². The van der Waals surface area contributed by atoms with Crippen molar-refractivity contribution in [3.8, 4) is 5.75 Å². The van der Waals surface area contributed by atoms with Gasteiger partial charge in [0.25, 0.3) is 0 Å². The highest BCUT2D eigenvalue weighted by Crippen LogP contribution is 2.30. The molecule has 0 amide bonds. The van der Waals surface area contributed by atoms with E-state index in [0.29, 0.717) is 23.1 Å². The number of benzene rings is 3. The maximum atomic E-state index is 13.3. The number of sulfonamides is 1. The van der Waals surface area contributed by atoms with Crippen LogP contribution in [0.4, 0.5) is 0 Å². The Labute approximate surface area is 203 Å². The molecular formula is C27H25NO6S. The van der Waals surface area contributed by atoms with Crippen LogP contribution in [0.3, 0.4) is 0 Å². The normalized spacial score (nSPS) is 12.4. The van der Waals surface area contributed by atoms with Gasteiger partial charge in [0.1, 0.15) is 17.4 Å². The molecule has 0 saturated heterocycles. The van der Waals surface area contributed by atoms with Crippen LogP contribution < -0.4 is 15.1 Å². The first-order chi connectivity index (χ1) is 16.7. The number of rotatable bonds is 7. The Kier molecular flexibility index (Phi) is 6.86. The van der Waals surface area contributed by atoms with Crippen LogP contribution in [0.15, 0.2) is 86.9 Å². The smallest absolute Gasteiger partial charge is 0.336 e. The van der Waals surface area contributed by atoms with Gasteiger partial charge in [0.05, 0.1) is 4.90 Å². The van der Waals surface area contributed by atoms with Gasteiger partial charge in [-0.3, -0.25) is 0 Å². The average Bonchev–Trinajstić information content (AvgIpc) is 2.85. The van der Waals surface area contributed by atoms with Gasteiger partial charge in [-0.15, -0.1) is 0 Å². The molecule has 1 N–H and O–H groups in total. The summed E-state index contributed by atoms with van der Waals surface area (Å²) >= 11 is 0. The van der Waals surface area contributed by atoms with Gasteiger partial charge in [-0.2, -0.15) is 4.72 Å². The number of hydrogen-bond donors (Lipinski definition) is 1. The van der Waals surface area contributed by atoms with Crippen molar-refractivity contribution in [2.45, 2.75) is 38.1 Å². The van der Waals surface area contributed by atoms with Gasteiger partial charge in [0.2, 0.25) is 10.0 Å². The summed E-state index contributed by atoms with van der Waals surface area (Å²) in [5, 5.41) is 0.754. The molecule has 3 aromatic carbocycles. The van der Waals surface area contributed by atoms with Gasteiger partial charge in [-0.1, -0.05) is 55.0 Å². The van der Waals surface area contributed by atoms with Crippen LogP contribution >= 0.6 is 0 Å². The van der Waals surface area contributed by atoms with E-state index in [-0.39, 0.29) is 10.6 Å². The zero-order valence-corrected chi connectivity index (χ0v) is 20.4. The van der Waals surface area contributed by atoms with Crippen molar-refractivity contribution < 1.29 is 22.4 Å². The molecule has 0 spiro atoms. The summed E-state index contributed by atoms with van der Waals surface area (Å²) in [5.41, 5.74) is 2.46. The lowest BCUT2D eigenvalue weighted by molar-refractivity contribution is -0.136. The first kappa shape index (κ1) is 24.4. The lowest BCUT2D eigenvalue weighted by atomic mass is 10.0. The SMILES string of the molecule is CCc1cc(=O)oc2c(C)c(OC(=O)[C@H](NS(=O)(=O)c3ccc(C)cc3)c3ccccc3)ccc12. The second kappa shape index (κ2) is 9.85. The molecule has 180 valence electrons. The maximum absolute atomic E-state index is 13.3. The van der Waals surface area contributed by atoms with Gasteiger partial charge in [-0.05, 0) is 55.7 Å². The van der Waals surface area contributed by atoms with Crippen LogP contribution in [0.1, 0.15) is 35.2 Å². The number of ether oxygens (including phenoxy) is 1. The monoisotopic (exact) mass is 491 g/mol. The fourth-order valence-electron chi connectivity index (χ4n) is 3.82. The minimum atomic E-state index is -4.03. The molecule has 4 rings (SSSR count). The van der Waals surface area contributed by atoms with Crippen molar-refractivity contribution in [1.82, 2.24) is 4.72 Å². The fourth-order valence-corrected chi connectivity index (χ4v) is 4.99. The molecule has 0 aliphatic carbocycles. The van der Waals surface area contributed by atoms with Gasteiger partial charge in [-0.25, -0.2) is 18.0 Å². The molecule has 1 atom stereocenters. The van der Waals surface area contributed by atoms with Crippen molar-refractivity contribution in [3.63, 3.8) is 0 Å². The second-order valence-electron chi connectivity index (χ2n) is 8.21. The third-order valence-electron chi connectivity index (χ3n) is 5.76. The third kappa shape index (κ3) is 5.18. The lowest BCUT2D eigenvalue weighted by Gasteiger charge is -2.19. The number of carbonyl (C=O) groups excluding carboxylic acids is 1. The van der Waals surface area contributed by atoms with Crippen molar-refractivity contribution in [2.75, 3.05) is 0 Å². The molecule has 1 aromatic heterocycles. The highest BCUT2D eigenvalue weighted by Gasteiger charge is 2.29. The predicted molar refractivity (Wildman–Crippen MR) is 133 cm³/mol. The van der Waals surface area contributed by atoms with Crippen LogP contribution in [0.25, 0.3) is 11.0 Å². The molecule has 8 heteroatoms. The Morgan fingerprint density at radius 2 is 1.69 bits per heavy atom. The molecular weight excluding hydrogens is 466 g/mol. The molecule has 0 aliphatic heterocycles. The van der Waals surface area contributed by atoms with Crippen molar-refractivity contribution >= 4 is 27.0 Å². The van der Waals surface area contributed by atoms with E-state index >= 15 is 0 Å². The minimum Gasteiger partial charge on any atom is -0.425 e. The summed E-state index contributed by atoms with van der Waals surface area (Å²) in [4.78, 5) is 25.4. The zero-order valence-electron chi connectivity index (χ0n) is 19.6. The molecule has 7 nitrogen and oxygen atoms in total. The largest absolute Gasteiger partial charge is 0.425 e. The van der Waals surface area contributed by atoms with E-state index in [9.17, 15) is 18.0 Å². The number of fused-ring (bicyclic) bond motifs is 1. The van der Waals surface area contributed by atoms with Gasteiger partial charge in [0.15, 0.2) is 0 Å². The molecule has 0 fully saturated rings. The summed E-state index contributed by atoms with van der Waals surface area (Å²) in [5.74, 6) is -0.641. The Morgan fingerprint density at radius 1 is 1.00 bits per heavy atom. The zero-order chi connectivity index (χ0) is 25.2. The average molecular weight is 492 g/mol. The molecule has 0 bridgehead atoms. The van der Waals surface area contributed by atoms with Crippen molar-refractivity contribution in [3.05, 3.63) is 105 Å². The summed E-state index contributed by atoms with van der Waals surface area (Å²) in [6, 6.07) is 18.3. The second-order valence-corrected chi connectivity index (χ2v) is 9.92. The molecule has 0 radical (unpaired) electrons. The fraction of sp³-hybridized carbons (Fsp3) is 0.185. The van der Waals surface area contributed by atoms with E-state index < -0.39 is 27.7 Å². The van der Waals surface area contributed by atoms with E-state index in [0.717, 1.165) is 16.5 Å². The Balaban J connectivity index is 1.71. The quantitative estimate of drug-likeness (QED) is 0.230. The molecule has 35 heavy (non-hydrogen) atoms. The molecule has 0 aliphatic rings. The number of esters is 1. The summed E-state index contributed by atoms with van der Waals surface area (Å²) in [6.07, 6.45) is 0.636. The Hall–Kier alpha value is -3.75. The predicted octanol–water partition coefficient (Wildman–Crippen LogP) is 4.60. The first-order valence-electron chi connectivity index (χ1n) is 11.1. The minimum absolute atomic E-state index is 0.0348. The van der Waals surface area contributed by atoms with Crippen LogP contribution in [-0.4, -0.2) is 14.4 Å². The first-order valence-corrected chi connectivity index (χ1v) is 12.6. The topological polar surface area (TPSA) is 103 Å². The van der Waals surface area contributed by atoms with Crippen LogP contribution in [0, 0.1) is 13.8 Å². The lowest BCUT2D eigenvalue weighted by Crippen LogP contribution is -2.36. The van der Waals surface area contributed by atoms with E-state index in [4.69, 9.17) is 9.15 Å². The van der Waals surface area contributed by atoms with Crippen LogP contribution in [-0.2, 0) is 21.2 Å². The van der Waals surface area contributed by atoms with E-state index in [1.54, 1.807) is 61.5 Å². The molecule has 0 unspecified atom stereocenters. The number of carbonyl (C=O) groups is 1. The highest BCUT2D eigenvalue weighted by molar-refractivity contribution is 7.89. The number of nitrogens with one attached hydrogen (secondary N) is 1. The van der Waals surface area contributed by atoms with Crippen LogP contribution in [0.5, 0.6) is 5.75 Å². The maximum Gasteiger partial charge on any atom is 0.336 e. The van der Waals surface area contributed by atoms with E-state index in [2.05, 4.69) is 4.72 Å². The van der Waals surface area contributed by atoms with Gasteiger partial charge >= 0.3 is 11.6 Å². The number of hydrogen-bond acceptors (Lipinski definition) is 6. The summed E-state index contributed by atoms with van der Waals surface area (Å²) < 4.78 is 39.7. The van der Waals surface area contributed by atoms with Crippen molar-refractivity contribution in [2.24, 2.45) is 0 Å². The third-order valence-corrected chi connectivity index (χ3v) is 7.20. The van der Waals surface area contributed by atoms with Crippen molar-refractivity contribution in [1.29, 1.82) is 0 Å². The summed E-state index contributed by atoms with van der Waals surface area (Å²) in [6.45, 7) is 5.47. The molecule has 0 saturated carbocycles. The summed E-state index contributed by atoms with van der Waals surface area (Å²) in [7, 11) is -4.03. The van der Waals surface area contributed by atoms with Crippen LogP contribution in [0.2, 0.25) is 0 Å². The molecule has 1 heterocycles. The standard InChI is InChI=1S/C27H25NO6S/c1-4-19-16-24(29)34-26-18(3)23(15-14-22(19)26)33-27(30)25(20-8-6-5-7-9-20)28-35(31,32)21-12-10-17(2)11-13-21/h5-16,25,28H,4H2,1-3H3/t25-/m1/s1. The van der Waals surface area contributed by atoms with E-state index in [1.807, 2.05) is 13.8 Å².